The maximum Gasteiger partial charge on any atom is 0.369 e. The van der Waals surface area contributed by atoms with Crippen molar-refractivity contribution >= 4 is 35.2 Å². The summed E-state index contributed by atoms with van der Waals surface area (Å²) in [5.74, 6) is 1.93. The fourth-order valence-electron chi connectivity index (χ4n) is 2.60. The summed E-state index contributed by atoms with van der Waals surface area (Å²) in [6.07, 6.45) is 0.793. The molecule has 0 bridgehead atoms. The first-order valence-electron chi connectivity index (χ1n) is 9.01. The van der Waals surface area contributed by atoms with Crippen LogP contribution in [0.15, 0.2) is 41.4 Å². The van der Waals surface area contributed by atoms with Gasteiger partial charge in [-0.15, -0.1) is 4.99 Å². The number of nitrogen functional groups attached to an aromatic ring is 1. The van der Waals surface area contributed by atoms with Gasteiger partial charge in [0.15, 0.2) is 0 Å². The lowest BCUT2D eigenvalue weighted by atomic mass is 10.0. The SMILES string of the molecule is CC(C)CC(CO)Nc1cc([NH2+]C(N)=[NH+]C(N)=Nc2ccccc2)nc(N)n1. The van der Waals surface area contributed by atoms with Gasteiger partial charge >= 0.3 is 11.9 Å². The predicted molar refractivity (Wildman–Crippen MR) is 110 cm³/mol. The molecule has 0 radical (unpaired) electrons. The van der Waals surface area contributed by atoms with Gasteiger partial charge in [0.1, 0.15) is 11.5 Å². The number of nitrogens with one attached hydrogen (secondary N) is 2. The van der Waals surface area contributed by atoms with Crippen LogP contribution in [-0.2, 0) is 0 Å². The summed E-state index contributed by atoms with van der Waals surface area (Å²) in [4.78, 5) is 15.3. The van der Waals surface area contributed by atoms with Crippen LogP contribution in [0, 0.1) is 5.92 Å². The quantitative estimate of drug-likeness (QED) is 0.214. The largest absolute Gasteiger partial charge is 0.394 e. The number of anilines is 2. The van der Waals surface area contributed by atoms with Crippen molar-refractivity contribution in [1.29, 1.82) is 0 Å². The van der Waals surface area contributed by atoms with Crippen molar-refractivity contribution in [3.8, 4) is 0 Å². The Morgan fingerprint density at radius 2 is 1.96 bits per heavy atom. The highest BCUT2D eigenvalue weighted by Gasteiger charge is 2.14. The van der Waals surface area contributed by atoms with Crippen LogP contribution >= 0.6 is 0 Å². The molecule has 28 heavy (non-hydrogen) atoms. The summed E-state index contributed by atoms with van der Waals surface area (Å²) in [5.41, 5.74) is 18.4. The van der Waals surface area contributed by atoms with E-state index in [1.807, 2.05) is 30.3 Å². The zero-order valence-corrected chi connectivity index (χ0v) is 16.1. The molecule has 2 aromatic rings. The number of guanidine groups is 2. The molecule has 10 nitrogen and oxygen atoms in total. The number of quaternary nitrogens is 1. The molecule has 1 aromatic carbocycles. The van der Waals surface area contributed by atoms with Crippen molar-refractivity contribution in [1.82, 2.24) is 9.97 Å². The van der Waals surface area contributed by atoms with Crippen molar-refractivity contribution in [2.75, 3.05) is 17.7 Å². The third-order valence-corrected chi connectivity index (χ3v) is 3.67. The topological polar surface area (TPSA) is 179 Å². The van der Waals surface area contributed by atoms with Crippen molar-refractivity contribution in [2.24, 2.45) is 22.4 Å². The monoisotopic (exact) mass is 387 g/mol. The first kappa shape index (κ1) is 21.1. The summed E-state index contributed by atoms with van der Waals surface area (Å²) in [6, 6.07) is 10.8. The maximum atomic E-state index is 9.53. The number of benzene rings is 1. The Hall–Kier alpha value is -3.24. The molecule has 0 spiro atoms. The number of hydrogen-bond donors (Lipinski definition) is 7. The van der Waals surface area contributed by atoms with Gasteiger partial charge in [-0.3, -0.25) is 5.73 Å². The highest BCUT2D eigenvalue weighted by Crippen LogP contribution is 2.13. The summed E-state index contributed by atoms with van der Waals surface area (Å²) in [6.45, 7) is 4.16. The fourth-order valence-corrected chi connectivity index (χ4v) is 2.60. The van der Waals surface area contributed by atoms with E-state index in [2.05, 4.69) is 39.1 Å². The highest BCUT2D eigenvalue weighted by atomic mass is 16.3. The van der Waals surface area contributed by atoms with Gasteiger partial charge in [-0.1, -0.05) is 32.0 Å². The second-order valence-corrected chi connectivity index (χ2v) is 6.75. The minimum Gasteiger partial charge on any atom is -0.394 e. The van der Waals surface area contributed by atoms with E-state index in [-0.39, 0.29) is 30.5 Å². The van der Waals surface area contributed by atoms with Crippen molar-refractivity contribution in [3.63, 3.8) is 0 Å². The van der Waals surface area contributed by atoms with E-state index in [0.717, 1.165) is 6.42 Å². The summed E-state index contributed by atoms with van der Waals surface area (Å²) in [5, 5.41) is 14.3. The van der Waals surface area contributed by atoms with Crippen LogP contribution in [0.5, 0.6) is 0 Å². The molecular formula is C18H29N9O+2. The number of aliphatic hydroxyl groups is 1. The molecule has 1 heterocycles. The van der Waals surface area contributed by atoms with Gasteiger partial charge in [-0.25, -0.2) is 5.32 Å². The molecule has 10 heteroatoms. The number of aliphatic hydroxyl groups excluding tert-OH is 1. The van der Waals surface area contributed by atoms with E-state index < -0.39 is 0 Å². The second kappa shape index (κ2) is 10.2. The Balaban J connectivity index is 2.10. The Labute approximate surface area is 164 Å². The zero-order chi connectivity index (χ0) is 20.5. The van der Waals surface area contributed by atoms with Gasteiger partial charge in [0, 0.05) is 0 Å². The van der Waals surface area contributed by atoms with E-state index in [0.29, 0.717) is 23.2 Å². The zero-order valence-electron chi connectivity index (χ0n) is 16.1. The number of nitrogens with two attached hydrogens (primary N) is 4. The average Bonchev–Trinajstić information content (AvgIpc) is 2.60. The average molecular weight is 387 g/mol. The van der Waals surface area contributed by atoms with Crippen LogP contribution in [-0.4, -0.2) is 39.6 Å². The molecule has 1 atom stereocenters. The van der Waals surface area contributed by atoms with E-state index in [1.54, 1.807) is 11.4 Å². The molecule has 0 saturated carbocycles. The summed E-state index contributed by atoms with van der Waals surface area (Å²) >= 11 is 0. The molecule has 1 aromatic heterocycles. The van der Waals surface area contributed by atoms with Crippen LogP contribution in [0.1, 0.15) is 20.3 Å². The molecular weight excluding hydrogens is 358 g/mol. The maximum absolute atomic E-state index is 9.53. The number of hydrogen-bond acceptors (Lipinski definition) is 6. The molecule has 1 unspecified atom stereocenters. The van der Waals surface area contributed by atoms with Crippen LogP contribution in [0.2, 0.25) is 0 Å². The van der Waals surface area contributed by atoms with E-state index in [9.17, 15) is 5.11 Å². The number of rotatable bonds is 7. The molecule has 0 aliphatic carbocycles. The van der Waals surface area contributed by atoms with Crippen molar-refractivity contribution in [3.05, 3.63) is 36.4 Å². The Kier molecular flexibility index (Phi) is 7.66. The smallest absolute Gasteiger partial charge is 0.369 e. The molecule has 11 N–H and O–H groups in total. The molecule has 0 amide bonds. The van der Waals surface area contributed by atoms with Crippen LogP contribution in [0.25, 0.3) is 0 Å². The van der Waals surface area contributed by atoms with E-state index >= 15 is 0 Å². The van der Waals surface area contributed by atoms with Crippen LogP contribution < -0.4 is 32.8 Å². The Morgan fingerprint density at radius 3 is 2.61 bits per heavy atom. The molecule has 150 valence electrons. The predicted octanol–water partition coefficient (Wildman–Crippen LogP) is -1.89. The van der Waals surface area contributed by atoms with Crippen LogP contribution in [0.3, 0.4) is 0 Å². The van der Waals surface area contributed by atoms with Gasteiger partial charge < -0.3 is 21.9 Å². The highest BCUT2D eigenvalue weighted by molar-refractivity contribution is 5.77. The first-order chi connectivity index (χ1) is 13.4. The normalized spacial score (nSPS) is 13.6. The number of aromatic nitrogens is 2. The van der Waals surface area contributed by atoms with E-state index in [1.165, 1.54) is 0 Å². The molecule has 0 fully saturated rings. The minimum absolute atomic E-state index is 0.0105. The molecule has 2 rings (SSSR count). The number of para-hydroxylation sites is 1. The van der Waals surface area contributed by atoms with Crippen molar-refractivity contribution < 1.29 is 15.4 Å². The summed E-state index contributed by atoms with van der Waals surface area (Å²) < 4.78 is 0. The van der Waals surface area contributed by atoms with Gasteiger partial charge in [-0.2, -0.15) is 15.0 Å². The standard InChI is InChI=1S/C18H27N9O/c1-11(2)8-13(10-28)22-14-9-15(25-17(20)24-14)26-18(21)27-16(19)23-12-6-4-3-5-7-12/h3-7,9,11,13,28H,8,10H2,1-2H3,(H8,19,20,21,22,23,24,25,26,27)/p+2. The molecule has 0 saturated heterocycles. The van der Waals surface area contributed by atoms with Crippen LogP contribution in [0.4, 0.5) is 23.3 Å². The van der Waals surface area contributed by atoms with Gasteiger partial charge in [-0.05, 0) is 24.5 Å². The molecule has 0 aliphatic heterocycles. The fraction of sp³-hybridized carbons (Fsp3) is 0.333. The second-order valence-electron chi connectivity index (χ2n) is 6.75. The minimum atomic E-state index is -0.129. The van der Waals surface area contributed by atoms with Crippen molar-refractivity contribution in [2.45, 2.75) is 26.3 Å². The third-order valence-electron chi connectivity index (χ3n) is 3.67. The third kappa shape index (κ3) is 7.17. The summed E-state index contributed by atoms with van der Waals surface area (Å²) in [7, 11) is 0. The first-order valence-corrected chi connectivity index (χ1v) is 9.01. The van der Waals surface area contributed by atoms with Gasteiger partial charge in [0.25, 0.3) is 0 Å². The van der Waals surface area contributed by atoms with Gasteiger partial charge in [0.05, 0.1) is 18.7 Å². The lowest BCUT2D eigenvalue weighted by molar-refractivity contribution is -0.518. The number of nitrogens with zero attached hydrogens (tertiary/aromatic N) is 3. The lowest BCUT2D eigenvalue weighted by Crippen LogP contribution is -3.01. The lowest BCUT2D eigenvalue weighted by Gasteiger charge is -2.18. The Morgan fingerprint density at radius 1 is 1.25 bits per heavy atom. The Bertz CT molecular complexity index is 821. The van der Waals surface area contributed by atoms with Gasteiger partial charge in [0.2, 0.25) is 11.8 Å². The van der Waals surface area contributed by atoms with E-state index in [4.69, 9.17) is 17.2 Å². The number of aliphatic imine (C=N–C) groups is 1. The molecule has 0 aliphatic rings.